The summed E-state index contributed by atoms with van der Waals surface area (Å²) in [5.74, 6) is -0.791. The molecular weight excluding hydrogens is 192 g/mol. The molecule has 1 aromatic rings. The van der Waals surface area contributed by atoms with E-state index in [0.29, 0.717) is 0 Å². The number of rotatable bonds is 2. The lowest BCUT2D eigenvalue weighted by Gasteiger charge is -2.08. The third-order valence-corrected chi connectivity index (χ3v) is 1.75. The number of aryl methyl sites for hydroxylation is 1. The number of nitrogens with two attached hydrogens (primary N) is 2. The molecular formula is C8H9F2N3O. The molecule has 0 atom stereocenters. The largest absolute Gasteiger partial charge is 0.398 e. The monoisotopic (exact) mass is 201 g/mol. The number of nitrogen functional groups attached to an aromatic ring is 1. The molecule has 76 valence electrons. The molecule has 1 heterocycles. The number of amides is 1. The molecule has 6 heteroatoms. The van der Waals surface area contributed by atoms with Crippen molar-refractivity contribution in [2.45, 2.75) is 13.3 Å². The van der Waals surface area contributed by atoms with Crippen LogP contribution in [0.15, 0.2) is 6.07 Å². The highest BCUT2D eigenvalue weighted by atomic mass is 19.3. The molecule has 1 rings (SSSR count). The Kier molecular flexibility index (Phi) is 2.64. The van der Waals surface area contributed by atoms with Crippen LogP contribution in [0, 0.1) is 6.92 Å². The van der Waals surface area contributed by atoms with Crippen molar-refractivity contribution in [3.05, 3.63) is 23.0 Å². The third-order valence-electron chi connectivity index (χ3n) is 1.75. The average molecular weight is 201 g/mol. The Hall–Kier alpha value is -1.72. The fourth-order valence-corrected chi connectivity index (χ4v) is 1.12. The molecule has 4 N–H and O–H groups in total. The molecule has 0 saturated heterocycles. The Labute approximate surface area is 78.9 Å². The summed E-state index contributed by atoms with van der Waals surface area (Å²) in [5.41, 5.74) is 9.66. The lowest BCUT2D eigenvalue weighted by molar-refractivity contribution is 0.0994. The first kappa shape index (κ1) is 10.4. The fraction of sp³-hybridized carbons (Fsp3) is 0.250. The number of halogens is 2. The Bertz CT molecular complexity index is 356. The number of nitrogens with zero attached hydrogens (tertiary/aromatic N) is 1. The van der Waals surface area contributed by atoms with Crippen LogP contribution in [0.1, 0.15) is 28.2 Å². The van der Waals surface area contributed by atoms with Crippen LogP contribution < -0.4 is 11.5 Å². The van der Waals surface area contributed by atoms with Crippen molar-refractivity contribution in [1.82, 2.24) is 4.98 Å². The Balaban J connectivity index is 3.32. The lowest BCUT2D eigenvalue weighted by atomic mass is 10.1. The van der Waals surface area contributed by atoms with Crippen molar-refractivity contribution in [3.63, 3.8) is 0 Å². The van der Waals surface area contributed by atoms with Gasteiger partial charge in [-0.2, -0.15) is 0 Å². The molecule has 14 heavy (non-hydrogen) atoms. The summed E-state index contributed by atoms with van der Waals surface area (Å²) in [6.07, 6.45) is -2.70. The smallest absolute Gasteiger partial charge is 0.267 e. The summed E-state index contributed by atoms with van der Waals surface area (Å²) >= 11 is 0. The standard InChI is InChI=1S/C8H9F2N3O/c1-3-6(7(9)10)4(11)2-5(13-3)8(12)14/h2,7H,1H3,(H2,11,13)(H2,12,14). The molecule has 0 spiro atoms. The summed E-state index contributed by atoms with van der Waals surface area (Å²) < 4.78 is 24.8. The average Bonchev–Trinajstić information content (AvgIpc) is 2.01. The van der Waals surface area contributed by atoms with E-state index in [9.17, 15) is 13.6 Å². The van der Waals surface area contributed by atoms with Gasteiger partial charge in [0, 0.05) is 11.4 Å². The Morgan fingerprint density at radius 2 is 2.14 bits per heavy atom. The second-order valence-corrected chi connectivity index (χ2v) is 2.76. The summed E-state index contributed by atoms with van der Waals surface area (Å²) in [5, 5.41) is 0. The minimum Gasteiger partial charge on any atom is -0.398 e. The van der Waals surface area contributed by atoms with E-state index < -0.39 is 12.3 Å². The van der Waals surface area contributed by atoms with E-state index in [0.717, 1.165) is 6.07 Å². The molecule has 0 unspecified atom stereocenters. The zero-order chi connectivity index (χ0) is 10.9. The molecule has 0 aromatic carbocycles. The molecule has 4 nitrogen and oxygen atoms in total. The Morgan fingerprint density at radius 3 is 2.50 bits per heavy atom. The topological polar surface area (TPSA) is 82.0 Å². The predicted octanol–water partition coefficient (Wildman–Crippen LogP) is 1.01. The number of carbonyl (C=O) groups excluding carboxylic acids is 1. The van der Waals surface area contributed by atoms with Gasteiger partial charge in [-0.1, -0.05) is 0 Å². The van der Waals surface area contributed by atoms with Gasteiger partial charge in [-0.25, -0.2) is 13.8 Å². The molecule has 0 aliphatic rings. The van der Waals surface area contributed by atoms with Crippen LogP contribution in [-0.2, 0) is 0 Å². The van der Waals surface area contributed by atoms with Crippen molar-refractivity contribution in [2.75, 3.05) is 5.73 Å². The van der Waals surface area contributed by atoms with Gasteiger partial charge in [-0.15, -0.1) is 0 Å². The minimum atomic E-state index is -2.70. The van der Waals surface area contributed by atoms with E-state index >= 15 is 0 Å². The van der Waals surface area contributed by atoms with Gasteiger partial charge >= 0.3 is 0 Å². The van der Waals surface area contributed by atoms with Gasteiger partial charge in [0.2, 0.25) is 0 Å². The molecule has 0 aliphatic carbocycles. The maximum atomic E-state index is 12.4. The SMILES string of the molecule is Cc1nc(C(N)=O)cc(N)c1C(F)F. The highest BCUT2D eigenvalue weighted by Crippen LogP contribution is 2.27. The van der Waals surface area contributed by atoms with Crippen LogP contribution in [0.25, 0.3) is 0 Å². The minimum absolute atomic E-state index is 0.0220. The van der Waals surface area contributed by atoms with Crippen molar-refractivity contribution >= 4 is 11.6 Å². The number of hydrogen-bond donors (Lipinski definition) is 2. The molecule has 0 radical (unpaired) electrons. The molecule has 0 fully saturated rings. The van der Waals surface area contributed by atoms with Crippen molar-refractivity contribution in [3.8, 4) is 0 Å². The van der Waals surface area contributed by atoms with Gasteiger partial charge in [0.05, 0.1) is 5.56 Å². The molecule has 0 bridgehead atoms. The fourth-order valence-electron chi connectivity index (χ4n) is 1.12. The third kappa shape index (κ3) is 1.78. The highest BCUT2D eigenvalue weighted by molar-refractivity contribution is 5.91. The number of aromatic nitrogens is 1. The van der Waals surface area contributed by atoms with E-state index in [4.69, 9.17) is 11.5 Å². The molecule has 0 saturated carbocycles. The van der Waals surface area contributed by atoms with Gasteiger partial charge in [0.25, 0.3) is 12.3 Å². The van der Waals surface area contributed by atoms with Crippen LogP contribution in [-0.4, -0.2) is 10.9 Å². The first-order valence-electron chi connectivity index (χ1n) is 3.78. The summed E-state index contributed by atoms with van der Waals surface area (Å²) in [7, 11) is 0. The van der Waals surface area contributed by atoms with E-state index in [-0.39, 0.29) is 22.6 Å². The number of alkyl halides is 2. The van der Waals surface area contributed by atoms with Crippen LogP contribution in [0.3, 0.4) is 0 Å². The maximum Gasteiger partial charge on any atom is 0.267 e. The van der Waals surface area contributed by atoms with Gasteiger partial charge in [-0.05, 0) is 13.0 Å². The Morgan fingerprint density at radius 1 is 1.57 bits per heavy atom. The summed E-state index contributed by atoms with van der Waals surface area (Å²) in [4.78, 5) is 14.3. The number of hydrogen-bond acceptors (Lipinski definition) is 3. The number of pyridine rings is 1. The van der Waals surface area contributed by atoms with E-state index in [1.54, 1.807) is 0 Å². The second kappa shape index (κ2) is 3.57. The van der Waals surface area contributed by atoms with Gasteiger partial charge in [-0.3, -0.25) is 4.79 Å². The van der Waals surface area contributed by atoms with Crippen LogP contribution in [0.5, 0.6) is 0 Å². The van der Waals surface area contributed by atoms with Crippen LogP contribution in [0.4, 0.5) is 14.5 Å². The molecule has 1 amide bonds. The van der Waals surface area contributed by atoms with E-state index in [2.05, 4.69) is 4.98 Å². The molecule has 0 aliphatic heterocycles. The number of primary amides is 1. The van der Waals surface area contributed by atoms with Gasteiger partial charge in [0.1, 0.15) is 5.69 Å². The normalized spacial score (nSPS) is 10.6. The predicted molar refractivity (Wildman–Crippen MR) is 46.9 cm³/mol. The highest BCUT2D eigenvalue weighted by Gasteiger charge is 2.17. The quantitative estimate of drug-likeness (QED) is 0.749. The number of anilines is 1. The lowest BCUT2D eigenvalue weighted by Crippen LogP contribution is -2.15. The van der Waals surface area contributed by atoms with Crippen molar-refractivity contribution in [1.29, 1.82) is 0 Å². The first-order valence-corrected chi connectivity index (χ1v) is 3.78. The van der Waals surface area contributed by atoms with Crippen molar-refractivity contribution in [2.24, 2.45) is 5.73 Å². The van der Waals surface area contributed by atoms with E-state index in [1.807, 2.05) is 0 Å². The van der Waals surface area contributed by atoms with Crippen molar-refractivity contribution < 1.29 is 13.6 Å². The summed E-state index contributed by atoms with van der Waals surface area (Å²) in [6, 6.07) is 1.05. The maximum absolute atomic E-state index is 12.4. The summed E-state index contributed by atoms with van der Waals surface area (Å²) in [6.45, 7) is 1.35. The zero-order valence-electron chi connectivity index (χ0n) is 7.42. The first-order chi connectivity index (χ1) is 6.43. The molecule has 1 aromatic heterocycles. The number of carbonyl (C=O) groups is 1. The second-order valence-electron chi connectivity index (χ2n) is 2.76. The van der Waals surface area contributed by atoms with Gasteiger partial charge < -0.3 is 11.5 Å². The van der Waals surface area contributed by atoms with Crippen LogP contribution in [0.2, 0.25) is 0 Å². The van der Waals surface area contributed by atoms with Gasteiger partial charge in [0.15, 0.2) is 0 Å². The zero-order valence-corrected chi connectivity index (χ0v) is 7.42. The van der Waals surface area contributed by atoms with E-state index in [1.165, 1.54) is 6.92 Å². The van der Waals surface area contributed by atoms with Crippen LogP contribution >= 0.6 is 0 Å².